The molecule has 0 fully saturated rings. The van der Waals surface area contributed by atoms with E-state index in [0.717, 1.165) is 4.90 Å². The summed E-state index contributed by atoms with van der Waals surface area (Å²) in [4.78, 5) is 4.80. The Morgan fingerprint density at radius 2 is 2.12 bits per heavy atom. The molecule has 0 aliphatic carbocycles. The Hall–Kier alpha value is -1.15. The minimum atomic E-state index is -4.31. The van der Waals surface area contributed by atoms with Gasteiger partial charge in [0.05, 0.1) is 19.7 Å². The van der Waals surface area contributed by atoms with Crippen molar-refractivity contribution in [1.82, 2.24) is 15.0 Å². The van der Waals surface area contributed by atoms with Crippen molar-refractivity contribution in [1.29, 1.82) is 0 Å². The van der Waals surface area contributed by atoms with E-state index in [1.54, 1.807) is 6.92 Å². The first-order valence-corrected chi connectivity index (χ1v) is 4.60. The van der Waals surface area contributed by atoms with Crippen LogP contribution in [0.15, 0.2) is 4.52 Å². The van der Waals surface area contributed by atoms with E-state index < -0.39 is 12.7 Å². The van der Waals surface area contributed by atoms with Crippen LogP contribution in [0.1, 0.15) is 11.7 Å². The number of halogens is 3. The van der Waals surface area contributed by atoms with Gasteiger partial charge in [-0.05, 0) is 0 Å². The highest BCUT2D eigenvalue weighted by atomic mass is 19.4. The maximum atomic E-state index is 12.1. The van der Waals surface area contributed by atoms with Crippen molar-refractivity contribution < 1.29 is 22.8 Å². The molecule has 0 bridgehead atoms. The number of aromatic nitrogens is 2. The molecule has 0 saturated carbocycles. The van der Waals surface area contributed by atoms with E-state index in [2.05, 4.69) is 14.7 Å². The first kappa shape index (κ1) is 12.9. The zero-order valence-corrected chi connectivity index (χ0v) is 8.66. The molecule has 5 nitrogen and oxygen atoms in total. The lowest BCUT2D eigenvalue weighted by Gasteiger charge is -2.20. The summed E-state index contributed by atoms with van der Waals surface area (Å²) >= 11 is 0. The second kappa shape index (κ2) is 5.26. The average molecular weight is 239 g/mol. The van der Waals surface area contributed by atoms with E-state index in [4.69, 9.17) is 5.11 Å². The molecule has 0 aliphatic heterocycles. The molecule has 1 aromatic rings. The highest BCUT2D eigenvalue weighted by molar-refractivity contribution is 4.84. The molecule has 8 heteroatoms. The van der Waals surface area contributed by atoms with Crippen molar-refractivity contribution in [3.8, 4) is 0 Å². The third kappa shape index (κ3) is 4.58. The van der Waals surface area contributed by atoms with Gasteiger partial charge < -0.3 is 9.63 Å². The second-order valence-electron chi connectivity index (χ2n) is 3.28. The molecular weight excluding hydrogens is 227 g/mol. The zero-order valence-electron chi connectivity index (χ0n) is 8.66. The van der Waals surface area contributed by atoms with Crippen LogP contribution >= 0.6 is 0 Å². The number of hydrogen-bond acceptors (Lipinski definition) is 5. The third-order valence-corrected chi connectivity index (χ3v) is 1.75. The van der Waals surface area contributed by atoms with Crippen LogP contribution in [0, 0.1) is 6.92 Å². The van der Waals surface area contributed by atoms with E-state index >= 15 is 0 Å². The van der Waals surface area contributed by atoms with Crippen molar-refractivity contribution in [3.05, 3.63) is 11.7 Å². The molecule has 0 aliphatic rings. The normalized spacial score (nSPS) is 12.4. The van der Waals surface area contributed by atoms with Crippen molar-refractivity contribution in [2.75, 3.05) is 19.7 Å². The van der Waals surface area contributed by atoms with Crippen LogP contribution in [0.2, 0.25) is 0 Å². The molecule has 0 aromatic carbocycles. The van der Waals surface area contributed by atoms with Gasteiger partial charge in [0.25, 0.3) is 0 Å². The van der Waals surface area contributed by atoms with Crippen LogP contribution in [0.3, 0.4) is 0 Å². The summed E-state index contributed by atoms with van der Waals surface area (Å²) in [5.74, 6) is 0.473. The van der Waals surface area contributed by atoms with Crippen molar-refractivity contribution in [2.45, 2.75) is 19.6 Å². The van der Waals surface area contributed by atoms with Gasteiger partial charge in [0, 0.05) is 13.5 Å². The topological polar surface area (TPSA) is 62.4 Å². The zero-order chi connectivity index (χ0) is 12.2. The van der Waals surface area contributed by atoms with Crippen LogP contribution in [-0.4, -0.2) is 46.0 Å². The number of alkyl halides is 3. The Morgan fingerprint density at radius 3 is 2.56 bits per heavy atom. The minimum Gasteiger partial charge on any atom is -0.395 e. The Bertz CT molecular complexity index is 327. The quantitative estimate of drug-likeness (QED) is 0.820. The van der Waals surface area contributed by atoms with Gasteiger partial charge in [-0.1, -0.05) is 5.16 Å². The third-order valence-electron chi connectivity index (χ3n) is 1.75. The number of aliphatic hydroxyl groups is 1. The minimum absolute atomic E-state index is 0.0902. The van der Waals surface area contributed by atoms with Crippen LogP contribution in [0.5, 0.6) is 0 Å². The Morgan fingerprint density at radius 1 is 1.44 bits per heavy atom. The molecule has 0 spiro atoms. The van der Waals surface area contributed by atoms with Crippen molar-refractivity contribution >= 4 is 0 Å². The van der Waals surface area contributed by atoms with Gasteiger partial charge >= 0.3 is 6.18 Å². The second-order valence-corrected chi connectivity index (χ2v) is 3.28. The Labute approximate surface area is 89.9 Å². The molecule has 92 valence electrons. The van der Waals surface area contributed by atoms with Crippen molar-refractivity contribution in [2.24, 2.45) is 0 Å². The van der Waals surface area contributed by atoms with Crippen LogP contribution in [-0.2, 0) is 6.54 Å². The van der Waals surface area contributed by atoms with E-state index in [0.29, 0.717) is 5.89 Å². The predicted octanol–water partition coefficient (Wildman–Crippen LogP) is 0.735. The number of nitrogens with zero attached hydrogens (tertiary/aromatic N) is 3. The molecule has 1 heterocycles. The highest BCUT2D eigenvalue weighted by Gasteiger charge is 2.31. The summed E-state index contributed by atoms with van der Waals surface area (Å²) in [6, 6.07) is 0. The predicted molar refractivity (Wildman–Crippen MR) is 47.5 cm³/mol. The standard InChI is InChI=1S/C8H12F3N3O2/c1-6-12-7(13-16-6)4-14(2-3-15)5-8(9,10)11/h15H,2-5H2,1H3. The van der Waals surface area contributed by atoms with Crippen LogP contribution in [0.4, 0.5) is 13.2 Å². The molecule has 0 atom stereocenters. The summed E-state index contributed by atoms with van der Waals surface area (Å²) in [6.45, 7) is -0.102. The number of rotatable bonds is 5. The highest BCUT2D eigenvalue weighted by Crippen LogP contribution is 2.17. The lowest BCUT2D eigenvalue weighted by atomic mass is 10.4. The summed E-state index contributed by atoms with van der Waals surface area (Å²) in [5, 5.41) is 12.1. The molecular formula is C8H12F3N3O2. The first-order chi connectivity index (χ1) is 7.40. The van der Waals surface area contributed by atoms with Gasteiger partial charge in [-0.25, -0.2) is 0 Å². The van der Waals surface area contributed by atoms with Gasteiger partial charge in [0.2, 0.25) is 5.89 Å². The molecule has 1 rings (SSSR count). The van der Waals surface area contributed by atoms with E-state index in [9.17, 15) is 13.2 Å². The molecule has 0 radical (unpaired) electrons. The molecule has 0 unspecified atom stereocenters. The van der Waals surface area contributed by atoms with Gasteiger partial charge in [-0.3, -0.25) is 4.90 Å². The lowest BCUT2D eigenvalue weighted by Crippen LogP contribution is -2.36. The molecule has 0 amide bonds. The number of aryl methyl sites for hydroxylation is 1. The fraction of sp³-hybridized carbons (Fsp3) is 0.750. The summed E-state index contributed by atoms with van der Waals surface area (Å²) < 4.78 is 41.1. The monoisotopic (exact) mass is 239 g/mol. The summed E-state index contributed by atoms with van der Waals surface area (Å²) in [7, 11) is 0. The largest absolute Gasteiger partial charge is 0.401 e. The molecule has 16 heavy (non-hydrogen) atoms. The fourth-order valence-electron chi connectivity index (χ4n) is 1.21. The lowest BCUT2D eigenvalue weighted by molar-refractivity contribution is -0.148. The van der Waals surface area contributed by atoms with Gasteiger partial charge in [0.1, 0.15) is 0 Å². The van der Waals surface area contributed by atoms with Crippen LogP contribution < -0.4 is 0 Å². The molecule has 1 N–H and O–H groups in total. The molecule has 1 aromatic heterocycles. The number of aliphatic hydroxyl groups excluding tert-OH is 1. The maximum Gasteiger partial charge on any atom is 0.401 e. The van der Waals surface area contributed by atoms with Crippen molar-refractivity contribution in [3.63, 3.8) is 0 Å². The Kier molecular flexibility index (Phi) is 4.25. The van der Waals surface area contributed by atoms with E-state index in [1.165, 1.54) is 0 Å². The van der Waals surface area contributed by atoms with Gasteiger partial charge in [-0.2, -0.15) is 18.2 Å². The first-order valence-electron chi connectivity index (χ1n) is 4.60. The van der Waals surface area contributed by atoms with E-state index in [1.807, 2.05) is 0 Å². The average Bonchev–Trinajstić information content (AvgIpc) is 2.48. The van der Waals surface area contributed by atoms with Gasteiger partial charge in [0.15, 0.2) is 5.82 Å². The van der Waals surface area contributed by atoms with E-state index in [-0.39, 0.29) is 25.5 Å². The molecule has 0 saturated heterocycles. The Balaban J connectivity index is 2.57. The SMILES string of the molecule is Cc1nc(CN(CCO)CC(F)(F)F)no1. The number of hydrogen-bond donors (Lipinski definition) is 1. The maximum absolute atomic E-state index is 12.1. The van der Waals surface area contributed by atoms with Crippen LogP contribution in [0.25, 0.3) is 0 Å². The van der Waals surface area contributed by atoms with Gasteiger partial charge in [-0.15, -0.1) is 0 Å². The fourth-order valence-corrected chi connectivity index (χ4v) is 1.21. The smallest absolute Gasteiger partial charge is 0.395 e. The summed E-state index contributed by atoms with van der Waals surface area (Å²) in [6.07, 6.45) is -4.31. The summed E-state index contributed by atoms with van der Waals surface area (Å²) in [5.41, 5.74) is 0.